The number of benzene rings is 1. The molecule has 7 atom stereocenters. The topological polar surface area (TPSA) is 65.8 Å². The van der Waals surface area contributed by atoms with Crippen LogP contribution in [0.15, 0.2) is 66.0 Å². The molecule has 0 unspecified atom stereocenters. The summed E-state index contributed by atoms with van der Waals surface area (Å²) >= 11 is 0. The third-order valence-electron chi connectivity index (χ3n) is 10.0. The van der Waals surface area contributed by atoms with E-state index < -0.39 is 17.8 Å². The van der Waals surface area contributed by atoms with E-state index in [0.717, 1.165) is 37.7 Å². The molecule has 5 nitrogen and oxygen atoms in total. The fourth-order valence-electron chi connectivity index (χ4n) is 8.20. The second kappa shape index (κ2) is 7.13. The van der Waals surface area contributed by atoms with Crippen molar-refractivity contribution in [1.82, 2.24) is 9.88 Å². The maximum Gasteiger partial charge on any atom is 0.105 e. The summed E-state index contributed by atoms with van der Waals surface area (Å²) in [6.45, 7) is 2.42. The van der Waals surface area contributed by atoms with Gasteiger partial charge in [0.25, 0.3) is 0 Å². The number of hydrogen-bond acceptors (Lipinski definition) is 5. The Balaban J connectivity index is 1.30. The summed E-state index contributed by atoms with van der Waals surface area (Å²) in [4.78, 5) is 6.30. The van der Waals surface area contributed by atoms with Crippen LogP contribution in [-0.4, -0.2) is 63.6 Å². The first kappa shape index (κ1) is 21.9. The smallest absolute Gasteiger partial charge is 0.105 e. The van der Waals surface area contributed by atoms with E-state index in [0.29, 0.717) is 5.92 Å². The minimum absolute atomic E-state index is 0.00513. The van der Waals surface area contributed by atoms with E-state index in [-0.39, 0.29) is 17.1 Å². The van der Waals surface area contributed by atoms with Gasteiger partial charge in [0.2, 0.25) is 0 Å². The molecular weight excluding hydrogens is 436 g/mol. The predicted molar refractivity (Wildman–Crippen MR) is 137 cm³/mol. The first-order valence-corrected chi connectivity index (χ1v) is 13.0. The molecule has 35 heavy (non-hydrogen) atoms. The molecule has 3 aliphatic carbocycles. The number of likely N-dealkylation sites (N-methyl/N-ethyl adjacent to an activating group) is 1. The average molecular weight is 471 g/mol. The van der Waals surface area contributed by atoms with E-state index in [2.05, 4.69) is 54.4 Å². The molecule has 2 N–H and O–H groups in total. The van der Waals surface area contributed by atoms with E-state index in [4.69, 9.17) is 4.74 Å². The number of aliphatic hydroxyl groups is 2. The highest BCUT2D eigenvalue weighted by Gasteiger charge is 2.67. The van der Waals surface area contributed by atoms with E-state index in [1.165, 1.54) is 27.5 Å². The molecule has 1 saturated heterocycles. The fourth-order valence-corrected chi connectivity index (χ4v) is 8.20. The van der Waals surface area contributed by atoms with Gasteiger partial charge in [-0.05, 0) is 86.0 Å². The summed E-state index contributed by atoms with van der Waals surface area (Å²) in [5, 5.41) is 24.4. The van der Waals surface area contributed by atoms with Crippen molar-refractivity contribution in [2.24, 2.45) is 11.3 Å². The fraction of sp³-hybridized carbons (Fsp3) is 0.500. The summed E-state index contributed by atoms with van der Waals surface area (Å²) in [5.74, 6) is 0.358. The summed E-state index contributed by atoms with van der Waals surface area (Å²) in [6.07, 6.45) is 13.7. The Morgan fingerprint density at radius 3 is 2.77 bits per heavy atom. The summed E-state index contributed by atoms with van der Waals surface area (Å²) < 4.78 is 7.24. The molecule has 2 aromatic rings. The van der Waals surface area contributed by atoms with Crippen LogP contribution in [0.25, 0.3) is 16.3 Å². The Morgan fingerprint density at radius 1 is 1.09 bits per heavy atom. The van der Waals surface area contributed by atoms with Crippen molar-refractivity contribution in [1.29, 1.82) is 0 Å². The maximum atomic E-state index is 11.1. The standard InChI is InChI=1S/C30H34N2O3/c1-28-10-8-21-15-23-26(33)27(34)24(32(2)3)16-29(23)11-12-30(21,35-29)25(28)7-6-22(28)19-4-5-20-17-31-13-9-18(20)14-19/h4-6,8-9,13-15,17,24-27,33-34H,7,10-12,16H2,1-3H3/t24-,25+,26+,27+,28+,29+,30+/m0/s1. The van der Waals surface area contributed by atoms with Crippen LogP contribution in [0.4, 0.5) is 0 Å². The van der Waals surface area contributed by atoms with E-state index in [1.807, 2.05) is 31.4 Å². The van der Waals surface area contributed by atoms with Crippen LogP contribution < -0.4 is 0 Å². The number of aromatic nitrogens is 1. The van der Waals surface area contributed by atoms with Gasteiger partial charge in [-0.3, -0.25) is 4.98 Å². The monoisotopic (exact) mass is 470 g/mol. The van der Waals surface area contributed by atoms with Gasteiger partial charge in [0.05, 0.1) is 17.3 Å². The molecular formula is C30H34N2O3. The van der Waals surface area contributed by atoms with Crippen molar-refractivity contribution < 1.29 is 14.9 Å². The molecule has 1 aromatic heterocycles. The number of ether oxygens (including phenoxy) is 1. The lowest BCUT2D eigenvalue weighted by molar-refractivity contribution is -0.161. The lowest BCUT2D eigenvalue weighted by Gasteiger charge is -2.55. The number of rotatable bonds is 2. The molecule has 182 valence electrons. The molecule has 2 aliphatic heterocycles. The van der Waals surface area contributed by atoms with Crippen LogP contribution >= 0.6 is 0 Å². The van der Waals surface area contributed by atoms with Crippen LogP contribution in [0.2, 0.25) is 0 Å². The maximum absolute atomic E-state index is 11.1. The number of fused-ring (bicyclic) bond motifs is 2. The molecule has 5 aliphatic rings. The highest BCUT2D eigenvalue weighted by Crippen LogP contribution is 2.67. The summed E-state index contributed by atoms with van der Waals surface area (Å²) in [6, 6.07) is 8.71. The van der Waals surface area contributed by atoms with Gasteiger partial charge in [-0.25, -0.2) is 0 Å². The zero-order valence-corrected chi connectivity index (χ0v) is 20.7. The largest absolute Gasteiger partial charge is 0.388 e. The van der Waals surface area contributed by atoms with Crippen LogP contribution in [0.1, 0.15) is 44.6 Å². The lowest BCUT2D eigenvalue weighted by atomic mass is 9.58. The Hall–Kier alpha value is -2.31. The number of allylic oxidation sites excluding steroid dienone is 3. The van der Waals surface area contributed by atoms with Crippen molar-refractivity contribution in [2.45, 2.75) is 68.5 Å². The van der Waals surface area contributed by atoms with E-state index in [1.54, 1.807) is 0 Å². The van der Waals surface area contributed by atoms with E-state index in [9.17, 15) is 10.2 Å². The van der Waals surface area contributed by atoms with Gasteiger partial charge in [-0.2, -0.15) is 0 Å². The SMILES string of the molecule is CN(C)[C@H]1C[C@@]23CC[C@@]4(O2)C(=CC[C@]2(C)C(c5ccc6cnccc6c5)=CC[C@H]24)C=C3[C@@H](O)[C@@H]1O. The summed E-state index contributed by atoms with van der Waals surface area (Å²) in [7, 11) is 3.96. The average Bonchev–Trinajstić information content (AvgIpc) is 3.37. The van der Waals surface area contributed by atoms with Crippen molar-refractivity contribution in [2.75, 3.05) is 14.1 Å². The lowest BCUT2D eigenvalue weighted by Crippen LogP contribution is -2.61. The van der Waals surface area contributed by atoms with Crippen molar-refractivity contribution >= 4 is 16.3 Å². The van der Waals surface area contributed by atoms with Gasteiger partial charge in [0, 0.05) is 35.2 Å². The second-order valence-corrected chi connectivity index (χ2v) is 11.9. The van der Waals surface area contributed by atoms with Crippen molar-refractivity contribution in [3.8, 4) is 0 Å². The van der Waals surface area contributed by atoms with Crippen molar-refractivity contribution in [3.05, 3.63) is 71.6 Å². The molecule has 3 heterocycles. The van der Waals surface area contributed by atoms with Gasteiger partial charge >= 0.3 is 0 Å². The minimum atomic E-state index is -0.884. The molecule has 2 bridgehead atoms. The Kier molecular flexibility index (Phi) is 4.47. The molecule has 5 heteroatoms. The van der Waals surface area contributed by atoms with Crippen LogP contribution in [0, 0.1) is 11.3 Å². The number of aliphatic hydroxyl groups excluding tert-OH is 2. The zero-order chi connectivity index (χ0) is 24.2. The van der Waals surface area contributed by atoms with Gasteiger partial charge in [0.1, 0.15) is 6.10 Å². The van der Waals surface area contributed by atoms with Crippen LogP contribution in [-0.2, 0) is 4.74 Å². The molecule has 2 fully saturated rings. The highest BCUT2D eigenvalue weighted by molar-refractivity contribution is 5.87. The van der Waals surface area contributed by atoms with Gasteiger partial charge in [0.15, 0.2) is 0 Å². The number of nitrogens with zero attached hydrogens (tertiary/aromatic N) is 2. The molecule has 0 radical (unpaired) electrons. The van der Waals surface area contributed by atoms with Crippen molar-refractivity contribution in [3.63, 3.8) is 0 Å². The number of hydrogen-bond donors (Lipinski definition) is 2. The van der Waals surface area contributed by atoms with Crippen LogP contribution in [0.3, 0.4) is 0 Å². The van der Waals surface area contributed by atoms with Gasteiger partial charge in [-0.1, -0.05) is 37.3 Å². The second-order valence-electron chi connectivity index (χ2n) is 11.9. The predicted octanol–water partition coefficient (Wildman–Crippen LogP) is 4.26. The molecule has 7 rings (SSSR count). The highest BCUT2D eigenvalue weighted by atomic mass is 16.5. The molecule has 1 saturated carbocycles. The number of pyridine rings is 1. The Morgan fingerprint density at radius 2 is 1.94 bits per heavy atom. The first-order chi connectivity index (χ1) is 16.8. The Labute approximate surface area is 206 Å². The zero-order valence-electron chi connectivity index (χ0n) is 20.7. The molecule has 2 spiro atoms. The van der Waals surface area contributed by atoms with Crippen LogP contribution in [0.5, 0.6) is 0 Å². The van der Waals surface area contributed by atoms with E-state index >= 15 is 0 Å². The van der Waals surface area contributed by atoms with Gasteiger partial charge in [-0.15, -0.1) is 0 Å². The quantitative estimate of drug-likeness (QED) is 0.687. The third-order valence-corrected chi connectivity index (χ3v) is 10.0. The first-order valence-electron chi connectivity index (χ1n) is 13.0. The summed E-state index contributed by atoms with van der Waals surface area (Å²) in [5.41, 5.74) is 4.02. The minimum Gasteiger partial charge on any atom is -0.388 e. The molecule has 0 amide bonds. The Bertz CT molecular complexity index is 1330. The normalized spacial score (nSPS) is 41.7. The van der Waals surface area contributed by atoms with Gasteiger partial charge < -0.3 is 19.8 Å². The molecule has 1 aromatic carbocycles. The third kappa shape index (κ3) is 2.76.